The Morgan fingerprint density at radius 3 is 2.65 bits per heavy atom. The Balaban J connectivity index is 1.78. The first kappa shape index (κ1) is 18.9. The zero-order valence-electron chi connectivity index (χ0n) is 14.5. The molecule has 1 aromatic carbocycles. The molecule has 0 saturated carbocycles. The molecule has 1 N–H and O–H groups in total. The van der Waals surface area contributed by atoms with Crippen molar-refractivity contribution in [2.75, 3.05) is 31.6 Å². The zero-order chi connectivity index (χ0) is 18.7. The first-order valence-corrected chi connectivity index (χ1v) is 10.5. The van der Waals surface area contributed by atoms with E-state index in [9.17, 15) is 13.2 Å². The summed E-state index contributed by atoms with van der Waals surface area (Å²) >= 11 is 1.30. The van der Waals surface area contributed by atoms with Crippen LogP contribution < -0.4 is 5.32 Å². The van der Waals surface area contributed by atoms with Crippen molar-refractivity contribution < 1.29 is 17.9 Å². The van der Waals surface area contributed by atoms with E-state index >= 15 is 0 Å². The van der Waals surface area contributed by atoms with E-state index in [1.165, 1.54) is 27.8 Å². The molecule has 0 radical (unpaired) electrons. The number of hydrogen-bond donors (Lipinski definition) is 1. The van der Waals surface area contributed by atoms with E-state index in [1.54, 1.807) is 12.1 Å². The van der Waals surface area contributed by atoms with Crippen molar-refractivity contribution in [3.63, 3.8) is 0 Å². The summed E-state index contributed by atoms with van der Waals surface area (Å²) in [6.07, 6.45) is 0. The molecule has 26 heavy (non-hydrogen) atoms. The van der Waals surface area contributed by atoms with Gasteiger partial charge in [-0.1, -0.05) is 31.3 Å². The fraction of sp³-hybridized carbons (Fsp3) is 0.438. The van der Waals surface area contributed by atoms with Crippen LogP contribution in [0.1, 0.15) is 35.1 Å². The number of benzene rings is 1. The third-order valence-electron chi connectivity index (χ3n) is 3.86. The van der Waals surface area contributed by atoms with Crippen molar-refractivity contribution >= 4 is 32.4 Å². The summed E-state index contributed by atoms with van der Waals surface area (Å²) in [5.41, 5.74) is 0.251. The lowest BCUT2D eigenvalue weighted by molar-refractivity contribution is 0.0730. The highest BCUT2D eigenvalue weighted by atomic mass is 32.2. The number of amides is 1. The van der Waals surface area contributed by atoms with E-state index in [1.807, 2.05) is 13.8 Å². The maximum Gasteiger partial charge on any atom is 0.257 e. The lowest BCUT2D eigenvalue weighted by atomic mass is 10.2. The predicted octanol–water partition coefficient (Wildman–Crippen LogP) is 1.93. The standard InChI is InChI=1S/C16H20N4O4S2/c1-11(2)15-18-19-16(25-15)17-14(21)12-4-3-5-13(10-12)26(22,23)20-6-8-24-9-7-20/h3-5,10-11H,6-9H2,1-2H3,(H,17,19,21). The van der Waals surface area contributed by atoms with Gasteiger partial charge in [0.15, 0.2) is 0 Å². The first-order chi connectivity index (χ1) is 12.4. The SMILES string of the molecule is CC(C)c1nnc(NC(=O)c2cccc(S(=O)(=O)N3CCOCC3)c2)s1. The molecule has 1 saturated heterocycles. The van der Waals surface area contributed by atoms with Gasteiger partial charge in [0.05, 0.1) is 18.1 Å². The second-order valence-electron chi connectivity index (χ2n) is 6.10. The summed E-state index contributed by atoms with van der Waals surface area (Å²) < 4.78 is 32.0. The van der Waals surface area contributed by atoms with Crippen molar-refractivity contribution in [1.82, 2.24) is 14.5 Å². The summed E-state index contributed by atoms with van der Waals surface area (Å²) in [5.74, 6) is -0.198. The third kappa shape index (κ3) is 4.09. The minimum atomic E-state index is -3.65. The van der Waals surface area contributed by atoms with E-state index in [0.717, 1.165) is 5.01 Å². The van der Waals surface area contributed by atoms with Crippen LogP contribution in [0.25, 0.3) is 0 Å². The van der Waals surface area contributed by atoms with Crippen LogP contribution >= 0.6 is 11.3 Å². The number of hydrogen-bond acceptors (Lipinski definition) is 7. The van der Waals surface area contributed by atoms with Crippen LogP contribution in [0.5, 0.6) is 0 Å². The van der Waals surface area contributed by atoms with Crippen LogP contribution in [0, 0.1) is 0 Å². The minimum Gasteiger partial charge on any atom is -0.379 e. The number of nitrogens with one attached hydrogen (secondary N) is 1. The van der Waals surface area contributed by atoms with E-state index in [2.05, 4.69) is 15.5 Å². The minimum absolute atomic E-state index is 0.0900. The number of carbonyl (C=O) groups is 1. The quantitative estimate of drug-likeness (QED) is 0.829. The average molecular weight is 396 g/mol. The van der Waals surface area contributed by atoms with Gasteiger partial charge in [0.2, 0.25) is 15.2 Å². The molecule has 0 atom stereocenters. The second-order valence-corrected chi connectivity index (χ2v) is 9.05. The van der Waals surface area contributed by atoms with Gasteiger partial charge in [-0.05, 0) is 18.2 Å². The van der Waals surface area contributed by atoms with Gasteiger partial charge >= 0.3 is 0 Å². The highest BCUT2D eigenvalue weighted by Gasteiger charge is 2.27. The van der Waals surface area contributed by atoms with Gasteiger partial charge in [-0.3, -0.25) is 10.1 Å². The van der Waals surface area contributed by atoms with Gasteiger partial charge in [0.25, 0.3) is 5.91 Å². The molecule has 1 aromatic heterocycles. The van der Waals surface area contributed by atoms with E-state index in [0.29, 0.717) is 31.4 Å². The molecule has 8 nitrogen and oxygen atoms in total. The molecule has 0 aliphatic carbocycles. The Morgan fingerprint density at radius 1 is 1.27 bits per heavy atom. The number of sulfonamides is 1. The molecule has 140 valence electrons. The highest BCUT2D eigenvalue weighted by molar-refractivity contribution is 7.89. The van der Waals surface area contributed by atoms with Gasteiger partial charge in [-0.2, -0.15) is 4.31 Å². The summed E-state index contributed by atoms with van der Waals surface area (Å²) in [5, 5.41) is 11.8. The number of aromatic nitrogens is 2. The van der Waals surface area contributed by atoms with Gasteiger partial charge in [0.1, 0.15) is 5.01 Å². The molecule has 2 heterocycles. The lowest BCUT2D eigenvalue weighted by Gasteiger charge is -2.26. The number of ether oxygens (including phenoxy) is 1. The summed E-state index contributed by atoms with van der Waals surface area (Å²) in [6, 6.07) is 5.99. The fourth-order valence-electron chi connectivity index (χ4n) is 2.42. The molecule has 1 aliphatic rings. The van der Waals surface area contributed by atoms with Crippen LogP contribution in [0.2, 0.25) is 0 Å². The van der Waals surface area contributed by atoms with Crippen LogP contribution in [-0.2, 0) is 14.8 Å². The number of carbonyl (C=O) groups excluding carboxylic acids is 1. The van der Waals surface area contributed by atoms with Gasteiger partial charge in [-0.25, -0.2) is 8.42 Å². The van der Waals surface area contributed by atoms with Crippen molar-refractivity contribution in [3.8, 4) is 0 Å². The number of nitrogens with zero attached hydrogens (tertiary/aromatic N) is 3. The zero-order valence-corrected chi connectivity index (χ0v) is 16.1. The van der Waals surface area contributed by atoms with Gasteiger partial charge in [0, 0.05) is 24.6 Å². The molecular formula is C16H20N4O4S2. The molecule has 10 heteroatoms. The van der Waals surface area contributed by atoms with Crippen LogP contribution in [0.15, 0.2) is 29.2 Å². The van der Waals surface area contributed by atoms with Crippen molar-refractivity contribution in [2.45, 2.75) is 24.7 Å². The third-order valence-corrected chi connectivity index (χ3v) is 6.89. The summed E-state index contributed by atoms with van der Waals surface area (Å²) in [6.45, 7) is 5.34. The highest BCUT2D eigenvalue weighted by Crippen LogP contribution is 2.23. The fourth-order valence-corrected chi connectivity index (χ4v) is 4.62. The predicted molar refractivity (Wildman–Crippen MR) is 98.0 cm³/mol. The van der Waals surface area contributed by atoms with Crippen LogP contribution in [0.3, 0.4) is 0 Å². The number of rotatable bonds is 5. The van der Waals surface area contributed by atoms with E-state index in [4.69, 9.17) is 4.74 Å². The summed E-state index contributed by atoms with van der Waals surface area (Å²) in [4.78, 5) is 12.5. The lowest BCUT2D eigenvalue weighted by Crippen LogP contribution is -2.40. The van der Waals surface area contributed by atoms with Crippen molar-refractivity contribution in [2.24, 2.45) is 0 Å². The van der Waals surface area contributed by atoms with E-state index < -0.39 is 15.9 Å². The van der Waals surface area contributed by atoms with Crippen molar-refractivity contribution in [1.29, 1.82) is 0 Å². The topological polar surface area (TPSA) is 101 Å². The molecule has 2 aromatic rings. The molecule has 0 spiro atoms. The molecule has 0 bridgehead atoms. The largest absolute Gasteiger partial charge is 0.379 e. The second kappa shape index (κ2) is 7.78. The molecule has 1 fully saturated rings. The van der Waals surface area contributed by atoms with Gasteiger partial charge < -0.3 is 4.74 Å². The Bertz CT molecular complexity index is 889. The molecule has 1 amide bonds. The smallest absolute Gasteiger partial charge is 0.257 e. The van der Waals surface area contributed by atoms with E-state index in [-0.39, 0.29) is 16.4 Å². The normalized spacial score (nSPS) is 16.0. The molecule has 1 aliphatic heterocycles. The monoisotopic (exact) mass is 396 g/mol. The molecule has 0 unspecified atom stereocenters. The first-order valence-electron chi connectivity index (χ1n) is 8.20. The molecule has 3 rings (SSSR count). The maximum absolute atomic E-state index is 12.7. The number of anilines is 1. The van der Waals surface area contributed by atoms with Crippen LogP contribution in [0.4, 0.5) is 5.13 Å². The average Bonchev–Trinajstić information content (AvgIpc) is 3.11. The Morgan fingerprint density at radius 2 is 2.00 bits per heavy atom. The Hall–Kier alpha value is -1.88. The van der Waals surface area contributed by atoms with Crippen molar-refractivity contribution in [3.05, 3.63) is 34.8 Å². The summed E-state index contributed by atoms with van der Waals surface area (Å²) in [7, 11) is -3.65. The van der Waals surface area contributed by atoms with Crippen LogP contribution in [-0.4, -0.2) is 55.1 Å². The number of morpholine rings is 1. The Kier molecular flexibility index (Phi) is 5.66. The molecular weight excluding hydrogens is 376 g/mol. The maximum atomic E-state index is 12.7. The Labute approximate surface area is 156 Å². The van der Waals surface area contributed by atoms with Gasteiger partial charge in [-0.15, -0.1) is 10.2 Å².